The molecule has 6 heteroatoms. The molecule has 0 radical (unpaired) electrons. The minimum atomic E-state index is 0.0647. The van der Waals surface area contributed by atoms with Crippen LogP contribution in [0.4, 0.5) is 5.82 Å². The van der Waals surface area contributed by atoms with Gasteiger partial charge < -0.3 is 14.6 Å². The highest BCUT2D eigenvalue weighted by molar-refractivity contribution is 5.95. The number of aromatic nitrogens is 2. The van der Waals surface area contributed by atoms with Gasteiger partial charge in [-0.25, -0.2) is 9.97 Å². The molecule has 1 saturated heterocycles. The van der Waals surface area contributed by atoms with Gasteiger partial charge >= 0.3 is 0 Å². The average molecular weight is 300 g/mol. The fourth-order valence-electron chi connectivity index (χ4n) is 2.83. The minimum Gasteiger partial charge on any atom is -0.466 e. The number of nitrogens with one attached hydrogen (secondary N) is 1. The molecule has 1 aliphatic rings. The van der Waals surface area contributed by atoms with Crippen molar-refractivity contribution in [1.29, 1.82) is 0 Å². The van der Waals surface area contributed by atoms with E-state index >= 15 is 0 Å². The fourth-order valence-corrected chi connectivity index (χ4v) is 2.83. The quantitative estimate of drug-likeness (QED) is 0.942. The number of hydrogen-bond donors (Lipinski definition) is 1. The molecule has 1 amide bonds. The molecule has 2 aromatic heterocycles. The number of piperidine rings is 1. The predicted molar refractivity (Wildman–Crippen MR) is 82.8 cm³/mol. The zero-order chi connectivity index (χ0) is 15.5. The van der Waals surface area contributed by atoms with E-state index in [4.69, 9.17) is 4.42 Å². The van der Waals surface area contributed by atoms with E-state index in [2.05, 4.69) is 15.3 Å². The lowest BCUT2D eigenvalue weighted by molar-refractivity contribution is 0.0716. The Morgan fingerprint density at radius 2 is 2.14 bits per heavy atom. The number of carbonyl (C=O) groups excluding carboxylic acids is 1. The van der Waals surface area contributed by atoms with Gasteiger partial charge in [0, 0.05) is 25.3 Å². The van der Waals surface area contributed by atoms with Gasteiger partial charge in [0.15, 0.2) is 0 Å². The van der Waals surface area contributed by atoms with Gasteiger partial charge in [-0.05, 0) is 38.8 Å². The lowest BCUT2D eigenvalue weighted by Gasteiger charge is -2.32. The third-order valence-electron chi connectivity index (χ3n) is 3.99. The van der Waals surface area contributed by atoms with Crippen LogP contribution in [0.25, 0.3) is 0 Å². The monoisotopic (exact) mass is 300 g/mol. The number of likely N-dealkylation sites (tertiary alicyclic amines) is 1. The van der Waals surface area contributed by atoms with Gasteiger partial charge in [-0.15, -0.1) is 0 Å². The molecule has 1 aliphatic heterocycles. The van der Waals surface area contributed by atoms with Crippen LogP contribution in [0.5, 0.6) is 0 Å². The summed E-state index contributed by atoms with van der Waals surface area (Å²) in [6.45, 7) is 5.18. The van der Waals surface area contributed by atoms with E-state index in [1.165, 1.54) is 6.33 Å². The number of anilines is 1. The number of furan rings is 1. The lowest BCUT2D eigenvalue weighted by Crippen LogP contribution is -2.42. The topological polar surface area (TPSA) is 71.3 Å². The number of amides is 1. The minimum absolute atomic E-state index is 0.0647. The number of aryl methyl sites for hydroxylation is 2. The summed E-state index contributed by atoms with van der Waals surface area (Å²) in [6, 6.07) is 4.02. The molecule has 116 valence electrons. The van der Waals surface area contributed by atoms with Crippen molar-refractivity contribution in [2.75, 3.05) is 18.4 Å². The fraction of sp³-hybridized carbons (Fsp3) is 0.438. The second-order valence-corrected chi connectivity index (χ2v) is 5.63. The van der Waals surface area contributed by atoms with Crippen LogP contribution < -0.4 is 5.32 Å². The van der Waals surface area contributed by atoms with Gasteiger partial charge in [0.2, 0.25) is 0 Å². The van der Waals surface area contributed by atoms with Crippen LogP contribution in [0, 0.1) is 13.8 Å². The smallest absolute Gasteiger partial charge is 0.257 e. The highest BCUT2D eigenvalue weighted by atomic mass is 16.3. The molecule has 3 heterocycles. The first kappa shape index (κ1) is 14.6. The summed E-state index contributed by atoms with van der Waals surface area (Å²) in [5.41, 5.74) is 0.680. The maximum atomic E-state index is 12.5. The van der Waals surface area contributed by atoms with Crippen LogP contribution in [0.1, 0.15) is 34.7 Å². The Labute approximate surface area is 129 Å². The van der Waals surface area contributed by atoms with Gasteiger partial charge in [0.1, 0.15) is 23.7 Å². The molecule has 2 aromatic rings. The molecular weight excluding hydrogens is 280 g/mol. The van der Waals surface area contributed by atoms with Gasteiger partial charge in [0.25, 0.3) is 5.91 Å². The Morgan fingerprint density at radius 3 is 2.73 bits per heavy atom. The van der Waals surface area contributed by atoms with Gasteiger partial charge in [-0.3, -0.25) is 4.79 Å². The molecule has 6 nitrogen and oxygen atoms in total. The first-order valence-corrected chi connectivity index (χ1v) is 7.52. The summed E-state index contributed by atoms with van der Waals surface area (Å²) in [5.74, 6) is 2.38. The van der Waals surface area contributed by atoms with Crippen molar-refractivity contribution in [3.05, 3.63) is 41.7 Å². The average Bonchev–Trinajstić information content (AvgIpc) is 2.87. The Morgan fingerprint density at radius 1 is 1.36 bits per heavy atom. The molecular formula is C16H20N4O2. The first-order chi connectivity index (χ1) is 10.6. The Hall–Kier alpha value is -2.37. The molecule has 0 spiro atoms. The van der Waals surface area contributed by atoms with Crippen molar-refractivity contribution in [3.8, 4) is 0 Å². The van der Waals surface area contributed by atoms with Crippen molar-refractivity contribution in [2.45, 2.75) is 32.7 Å². The van der Waals surface area contributed by atoms with E-state index in [1.54, 1.807) is 6.20 Å². The van der Waals surface area contributed by atoms with Gasteiger partial charge in [-0.2, -0.15) is 0 Å². The molecule has 1 fully saturated rings. The van der Waals surface area contributed by atoms with Crippen LogP contribution >= 0.6 is 0 Å². The Kier molecular flexibility index (Phi) is 4.09. The number of rotatable bonds is 3. The van der Waals surface area contributed by atoms with E-state index in [9.17, 15) is 4.79 Å². The summed E-state index contributed by atoms with van der Waals surface area (Å²) >= 11 is 0. The highest BCUT2D eigenvalue weighted by Gasteiger charge is 2.25. The van der Waals surface area contributed by atoms with Crippen molar-refractivity contribution < 1.29 is 9.21 Å². The zero-order valence-corrected chi connectivity index (χ0v) is 12.9. The predicted octanol–water partition coefficient (Wildman–Crippen LogP) is 2.40. The van der Waals surface area contributed by atoms with Crippen molar-refractivity contribution >= 4 is 11.7 Å². The number of carbonyl (C=O) groups is 1. The Balaban J connectivity index is 1.57. The standard InChI is InChI=1S/C16H20N4O2/c1-11-9-14(12(2)22-11)16(21)20-7-4-13(5-8-20)19-15-3-6-17-10-18-15/h3,6,9-10,13H,4-5,7-8H2,1-2H3,(H,17,18,19). The molecule has 22 heavy (non-hydrogen) atoms. The van der Waals surface area contributed by atoms with Gasteiger partial charge in [0.05, 0.1) is 5.56 Å². The van der Waals surface area contributed by atoms with Crippen LogP contribution in [0.3, 0.4) is 0 Å². The van der Waals surface area contributed by atoms with E-state index in [0.29, 0.717) is 17.4 Å². The summed E-state index contributed by atoms with van der Waals surface area (Å²) in [5, 5.41) is 3.39. The van der Waals surface area contributed by atoms with Crippen LogP contribution in [-0.2, 0) is 0 Å². The Bertz CT molecular complexity index is 645. The summed E-state index contributed by atoms with van der Waals surface area (Å²) in [7, 11) is 0. The summed E-state index contributed by atoms with van der Waals surface area (Å²) in [4.78, 5) is 22.5. The first-order valence-electron chi connectivity index (χ1n) is 7.52. The number of nitrogens with zero attached hydrogens (tertiary/aromatic N) is 3. The van der Waals surface area contributed by atoms with Crippen molar-refractivity contribution in [1.82, 2.24) is 14.9 Å². The largest absolute Gasteiger partial charge is 0.466 e. The van der Waals surface area contributed by atoms with Crippen molar-refractivity contribution in [3.63, 3.8) is 0 Å². The second kappa shape index (κ2) is 6.17. The van der Waals surface area contributed by atoms with E-state index in [1.807, 2.05) is 30.9 Å². The van der Waals surface area contributed by atoms with Crippen LogP contribution in [0.2, 0.25) is 0 Å². The molecule has 0 saturated carbocycles. The SMILES string of the molecule is Cc1cc(C(=O)N2CCC(Nc3ccncn3)CC2)c(C)o1. The maximum absolute atomic E-state index is 12.5. The lowest BCUT2D eigenvalue weighted by atomic mass is 10.0. The second-order valence-electron chi connectivity index (χ2n) is 5.63. The highest BCUT2D eigenvalue weighted by Crippen LogP contribution is 2.20. The van der Waals surface area contributed by atoms with Gasteiger partial charge in [-0.1, -0.05) is 0 Å². The molecule has 0 unspecified atom stereocenters. The van der Waals surface area contributed by atoms with Crippen molar-refractivity contribution in [2.24, 2.45) is 0 Å². The molecule has 0 aliphatic carbocycles. The third kappa shape index (κ3) is 3.10. The molecule has 0 atom stereocenters. The van der Waals surface area contributed by atoms with E-state index in [-0.39, 0.29) is 5.91 Å². The molecule has 0 bridgehead atoms. The van der Waals surface area contributed by atoms with E-state index < -0.39 is 0 Å². The zero-order valence-electron chi connectivity index (χ0n) is 12.9. The van der Waals surface area contributed by atoms with Crippen LogP contribution in [-0.4, -0.2) is 39.9 Å². The number of hydrogen-bond acceptors (Lipinski definition) is 5. The molecule has 0 aromatic carbocycles. The maximum Gasteiger partial charge on any atom is 0.257 e. The summed E-state index contributed by atoms with van der Waals surface area (Å²) in [6.07, 6.45) is 5.07. The van der Waals surface area contributed by atoms with E-state index in [0.717, 1.165) is 37.5 Å². The normalized spacial score (nSPS) is 15.8. The molecule has 3 rings (SSSR count). The van der Waals surface area contributed by atoms with Crippen LogP contribution in [0.15, 0.2) is 29.1 Å². The third-order valence-corrected chi connectivity index (χ3v) is 3.99. The molecule has 1 N–H and O–H groups in total. The summed E-state index contributed by atoms with van der Waals surface area (Å²) < 4.78 is 5.45.